The van der Waals surface area contributed by atoms with Crippen molar-refractivity contribution in [2.45, 2.75) is 17.7 Å². The lowest BCUT2D eigenvalue weighted by Crippen LogP contribution is -2.46. The van der Waals surface area contributed by atoms with E-state index in [9.17, 15) is 18.3 Å². The van der Waals surface area contributed by atoms with Crippen LogP contribution in [0.15, 0.2) is 48.2 Å². The number of allylic oxidation sites excluding steroid dienone is 2. The SMILES string of the molecule is CN(C)C1=CC2C(C=C1)c1ccccc1[C@@]2(O)C(F)(F)F. The maximum absolute atomic E-state index is 13.6. The molecule has 1 aromatic carbocycles. The van der Waals surface area contributed by atoms with Gasteiger partial charge in [0.2, 0.25) is 0 Å². The predicted octanol–water partition coefficient (Wildman–Crippen LogP) is 3.17. The van der Waals surface area contributed by atoms with Crippen molar-refractivity contribution >= 4 is 0 Å². The zero-order valence-electron chi connectivity index (χ0n) is 11.7. The molecule has 0 spiro atoms. The molecule has 2 aliphatic rings. The summed E-state index contributed by atoms with van der Waals surface area (Å²) in [5.74, 6) is -1.48. The van der Waals surface area contributed by atoms with E-state index in [2.05, 4.69) is 0 Å². The van der Waals surface area contributed by atoms with E-state index >= 15 is 0 Å². The first-order valence-electron chi connectivity index (χ1n) is 6.72. The average Bonchev–Trinajstić information content (AvgIpc) is 2.70. The van der Waals surface area contributed by atoms with Gasteiger partial charge in [-0.3, -0.25) is 0 Å². The van der Waals surface area contributed by atoms with Gasteiger partial charge in [0.1, 0.15) is 0 Å². The number of aliphatic hydroxyl groups is 1. The second-order valence-corrected chi connectivity index (χ2v) is 5.75. The van der Waals surface area contributed by atoms with E-state index in [0.717, 1.165) is 0 Å². The van der Waals surface area contributed by atoms with Crippen LogP contribution >= 0.6 is 0 Å². The molecule has 0 saturated heterocycles. The lowest BCUT2D eigenvalue weighted by atomic mass is 9.79. The molecule has 2 unspecified atom stereocenters. The summed E-state index contributed by atoms with van der Waals surface area (Å²) in [4.78, 5) is 1.74. The summed E-state index contributed by atoms with van der Waals surface area (Å²) >= 11 is 0. The molecular weight excluding hydrogens is 279 g/mol. The number of nitrogens with zero attached hydrogens (tertiary/aromatic N) is 1. The fourth-order valence-corrected chi connectivity index (χ4v) is 3.30. The van der Waals surface area contributed by atoms with E-state index in [-0.39, 0.29) is 5.56 Å². The monoisotopic (exact) mass is 295 g/mol. The minimum Gasteiger partial charge on any atom is -0.378 e. The van der Waals surface area contributed by atoms with Crippen molar-refractivity contribution in [1.29, 1.82) is 0 Å². The Kier molecular flexibility index (Phi) is 2.95. The van der Waals surface area contributed by atoms with Crippen LogP contribution < -0.4 is 0 Å². The van der Waals surface area contributed by atoms with Crippen LogP contribution in [0.2, 0.25) is 0 Å². The quantitative estimate of drug-likeness (QED) is 0.860. The Morgan fingerprint density at radius 3 is 2.48 bits per heavy atom. The third kappa shape index (κ3) is 1.83. The van der Waals surface area contributed by atoms with Gasteiger partial charge in [-0.15, -0.1) is 0 Å². The van der Waals surface area contributed by atoms with E-state index < -0.39 is 23.6 Å². The van der Waals surface area contributed by atoms with Crippen molar-refractivity contribution in [3.05, 3.63) is 59.3 Å². The molecule has 0 radical (unpaired) electrons. The summed E-state index contributed by atoms with van der Waals surface area (Å²) in [7, 11) is 3.54. The first kappa shape index (κ1) is 14.2. The van der Waals surface area contributed by atoms with Crippen LogP contribution in [-0.4, -0.2) is 30.3 Å². The molecule has 0 bridgehead atoms. The zero-order chi connectivity index (χ0) is 15.4. The first-order valence-corrected chi connectivity index (χ1v) is 6.72. The van der Waals surface area contributed by atoms with Gasteiger partial charge in [0.25, 0.3) is 0 Å². The van der Waals surface area contributed by atoms with Gasteiger partial charge >= 0.3 is 6.18 Å². The van der Waals surface area contributed by atoms with Gasteiger partial charge < -0.3 is 10.0 Å². The molecule has 0 aromatic heterocycles. The fourth-order valence-electron chi connectivity index (χ4n) is 3.30. The number of benzene rings is 1. The molecule has 0 saturated carbocycles. The average molecular weight is 295 g/mol. The smallest absolute Gasteiger partial charge is 0.378 e. The van der Waals surface area contributed by atoms with E-state index in [0.29, 0.717) is 11.3 Å². The van der Waals surface area contributed by atoms with Gasteiger partial charge in [-0.2, -0.15) is 13.2 Å². The number of likely N-dealkylation sites (N-methyl/N-ethyl adjacent to an activating group) is 1. The number of hydrogen-bond acceptors (Lipinski definition) is 2. The molecule has 0 aliphatic heterocycles. The van der Waals surface area contributed by atoms with Crippen molar-refractivity contribution in [2.24, 2.45) is 5.92 Å². The highest BCUT2D eigenvalue weighted by Gasteiger charge is 2.65. The molecule has 0 amide bonds. The van der Waals surface area contributed by atoms with Crippen LogP contribution in [0.4, 0.5) is 13.2 Å². The second-order valence-electron chi connectivity index (χ2n) is 5.75. The van der Waals surface area contributed by atoms with Crippen molar-refractivity contribution in [1.82, 2.24) is 4.90 Å². The van der Waals surface area contributed by atoms with Gasteiger partial charge in [0.15, 0.2) is 5.60 Å². The first-order chi connectivity index (χ1) is 9.76. The van der Waals surface area contributed by atoms with Gasteiger partial charge in [-0.1, -0.05) is 36.4 Å². The molecule has 5 heteroatoms. The summed E-state index contributed by atoms with van der Waals surface area (Å²) < 4.78 is 40.8. The van der Waals surface area contributed by atoms with Crippen molar-refractivity contribution in [3.8, 4) is 0 Å². The molecule has 3 rings (SSSR count). The lowest BCUT2D eigenvalue weighted by Gasteiger charge is -2.35. The number of fused-ring (bicyclic) bond motifs is 3. The van der Waals surface area contributed by atoms with Crippen molar-refractivity contribution in [3.63, 3.8) is 0 Å². The Bertz CT molecular complexity index is 633. The fraction of sp³-hybridized carbons (Fsp3) is 0.375. The molecule has 2 nitrogen and oxygen atoms in total. The number of rotatable bonds is 1. The Hall–Kier alpha value is -1.75. The second kappa shape index (κ2) is 4.37. The molecule has 3 atom stereocenters. The van der Waals surface area contributed by atoms with Crippen LogP contribution in [0, 0.1) is 5.92 Å². The van der Waals surface area contributed by atoms with Crippen LogP contribution in [0.1, 0.15) is 17.0 Å². The Balaban J connectivity index is 2.21. The highest BCUT2D eigenvalue weighted by atomic mass is 19.4. The van der Waals surface area contributed by atoms with Gasteiger partial charge in [0, 0.05) is 31.6 Å². The summed E-state index contributed by atoms with van der Waals surface area (Å²) in [5, 5.41) is 10.6. The topological polar surface area (TPSA) is 23.5 Å². The maximum Gasteiger partial charge on any atom is 0.422 e. The Labute approximate surface area is 121 Å². The van der Waals surface area contributed by atoms with Crippen molar-refractivity contribution < 1.29 is 18.3 Å². The van der Waals surface area contributed by atoms with Crippen LogP contribution in [0.3, 0.4) is 0 Å². The molecule has 1 N–H and O–H groups in total. The summed E-state index contributed by atoms with van der Waals surface area (Å²) in [6.45, 7) is 0. The Morgan fingerprint density at radius 1 is 1.19 bits per heavy atom. The summed E-state index contributed by atoms with van der Waals surface area (Å²) in [6.07, 6.45) is 0.363. The minimum absolute atomic E-state index is 0.0339. The third-order valence-corrected chi connectivity index (χ3v) is 4.37. The maximum atomic E-state index is 13.6. The minimum atomic E-state index is -4.72. The van der Waals surface area contributed by atoms with Crippen LogP contribution in [-0.2, 0) is 5.60 Å². The highest BCUT2D eigenvalue weighted by molar-refractivity contribution is 5.50. The summed E-state index contributed by atoms with van der Waals surface area (Å²) in [6, 6.07) is 6.28. The molecule has 2 aliphatic carbocycles. The van der Waals surface area contributed by atoms with E-state index in [1.54, 1.807) is 43.3 Å². The zero-order valence-corrected chi connectivity index (χ0v) is 11.7. The Morgan fingerprint density at radius 2 is 1.86 bits per heavy atom. The number of alkyl halides is 3. The largest absolute Gasteiger partial charge is 0.422 e. The number of hydrogen-bond donors (Lipinski definition) is 1. The van der Waals surface area contributed by atoms with Gasteiger partial charge in [-0.05, 0) is 17.2 Å². The van der Waals surface area contributed by atoms with E-state index in [1.165, 1.54) is 18.2 Å². The highest BCUT2D eigenvalue weighted by Crippen LogP contribution is 2.58. The molecule has 0 heterocycles. The standard InChI is InChI=1S/C16H16F3NO/c1-20(2)10-7-8-12-11-5-3-4-6-13(11)15(21,14(12)9-10)16(17,18)19/h3-9,12,14,21H,1-2H3/t12?,14?,15-/m0/s1. The third-order valence-electron chi connectivity index (χ3n) is 4.37. The van der Waals surface area contributed by atoms with Crippen molar-refractivity contribution in [2.75, 3.05) is 14.1 Å². The predicted molar refractivity (Wildman–Crippen MR) is 73.5 cm³/mol. The van der Waals surface area contributed by atoms with Gasteiger partial charge in [0.05, 0.1) is 0 Å². The number of halogens is 3. The van der Waals surface area contributed by atoms with E-state index in [4.69, 9.17) is 0 Å². The summed E-state index contributed by atoms with van der Waals surface area (Å²) in [5.41, 5.74) is -1.65. The van der Waals surface area contributed by atoms with Crippen LogP contribution in [0.5, 0.6) is 0 Å². The molecule has 112 valence electrons. The van der Waals surface area contributed by atoms with Gasteiger partial charge in [-0.25, -0.2) is 0 Å². The van der Waals surface area contributed by atoms with Crippen LogP contribution in [0.25, 0.3) is 0 Å². The lowest BCUT2D eigenvalue weighted by molar-refractivity contribution is -0.278. The molecule has 0 fully saturated rings. The molecule has 21 heavy (non-hydrogen) atoms. The normalized spacial score (nSPS) is 30.7. The van der Waals surface area contributed by atoms with E-state index in [1.807, 2.05) is 0 Å². The molecular formula is C16H16F3NO. The molecule has 1 aromatic rings.